The molecule has 0 saturated heterocycles. The summed E-state index contributed by atoms with van der Waals surface area (Å²) in [6.07, 6.45) is 19.2. The highest BCUT2D eigenvalue weighted by molar-refractivity contribution is 5.90. The number of ether oxygens (including phenoxy) is 2. The summed E-state index contributed by atoms with van der Waals surface area (Å²) in [4.78, 5) is 26.7. The van der Waals surface area contributed by atoms with Crippen LogP contribution >= 0.6 is 0 Å². The number of hydrogen-bond donors (Lipinski definition) is 2. The van der Waals surface area contributed by atoms with Gasteiger partial charge in [0.2, 0.25) is 0 Å². The molecule has 10 atom stereocenters. The van der Waals surface area contributed by atoms with Crippen molar-refractivity contribution in [1.29, 1.82) is 0 Å². The molecule has 4 fully saturated rings. The van der Waals surface area contributed by atoms with E-state index in [9.17, 15) is 19.8 Å². The molecule has 0 aromatic rings. The first-order valence-corrected chi connectivity index (χ1v) is 20.3. The van der Waals surface area contributed by atoms with Crippen molar-refractivity contribution >= 4 is 11.9 Å². The number of unbranched alkanes of at least 4 members (excludes halogenated alkanes) is 9. The maximum Gasteiger partial charge on any atom is 0.334 e. The molecule has 0 heterocycles. The van der Waals surface area contributed by atoms with Gasteiger partial charge in [0.15, 0.2) is 0 Å². The SMILES string of the molecule is CCCCCCCCCCCCOC(=O)/C(CCC=C(C)C)=C1\[C@@H](OC(C)=O)C[C@@]2(C)[C@H]1C[C@@H](O)[C@H]1[C@@]3(C)CC[C@@H](O)[C@@H](C)[C@@H]3CC[C@@]12C. The highest BCUT2D eigenvalue weighted by Crippen LogP contribution is 2.74. The summed E-state index contributed by atoms with van der Waals surface area (Å²) in [7, 11) is 0. The van der Waals surface area contributed by atoms with Crippen LogP contribution in [0.4, 0.5) is 0 Å². The van der Waals surface area contributed by atoms with Gasteiger partial charge in [0.05, 0.1) is 18.8 Å². The number of aliphatic hydroxyl groups is 2. The predicted octanol–water partition coefficient (Wildman–Crippen LogP) is 10.0. The molecule has 4 aliphatic rings. The topological polar surface area (TPSA) is 93.1 Å². The Bertz CT molecular complexity index is 1180. The number of fused-ring (bicyclic) bond motifs is 5. The van der Waals surface area contributed by atoms with Gasteiger partial charge < -0.3 is 19.7 Å². The quantitative estimate of drug-likeness (QED) is 0.0728. The van der Waals surface area contributed by atoms with E-state index in [-0.39, 0.29) is 52.0 Å². The lowest BCUT2D eigenvalue weighted by Gasteiger charge is -2.69. The third-order valence-electron chi connectivity index (χ3n) is 14.3. The molecular weight excluding hydrogens is 612 g/mol. The molecule has 0 unspecified atom stereocenters. The Morgan fingerprint density at radius 1 is 0.857 bits per heavy atom. The molecule has 0 spiro atoms. The third-order valence-corrected chi connectivity index (χ3v) is 14.3. The lowest BCUT2D eigenvalue weighted by Crippen LogP contribution is -2.65. The molecule has 280 valence electrons. The van der Waals surface area contributed by atoms with Gasteiger partial charge in [-0.05, 0) is 117 Å². The van der Waals surface area contributed by atoms with Crippen LogP contribution in [0.1, 0.15) is 171 Å². The van der Waals surface area contributed by atoms with Gasteiger partial charge in [-0.1, -0.05) is 104 Å². The zero-order chi connectivity index (χ0) is 36.0. The van der Waals surface area contributed by atoms with Crippen molar-refractivity contribution < 1.29 is 29.3 Å². The van der Waals surface area contributed by atoms with Crippen molar-refractivity contribution in [2.45, 2.75) is 189 Å². The van der Waals surface area contributed by atoms with Crippen LogP contribution in [0.3, 0.4) is 0 Å². The summed E-state index contributed by atoms with van der Waals surface area (Å²) in [5.41, 5.74) is 2.21. The summed E-state index contributed by atoms with van der Waals surface area (Å²) < 4.78 is 12.2. The fourth-order valence-electron chi connectivity index (χ4n) is 11.6. The zero-order valence-electron chi connectivity index (χ0n) is 32.6. The number of aliphatic hydroxyl groups excluding tert-OH is 2. The molecule has 0 radical (unpaired) electrons. The molecule has 4 aliphatic carbocycles. The molecule has 6 nitrogen and oxygen atoms in total. The highest BCUT2D eigenvalue weighted by atomic mass is 16.5. The molecular formula is C43H72O6. The predicted molar refractivity (Wildman–Crippen MR) is 198 cm³/mol. The van der Waals surface area contributed by atoms with Gasteiger partial charge in [-0.3, -0.25) is 4.79 Å². The van der Waals surface area contributed by atoms with Crippen molar-refractivity contribution in [2.24, 2.45) is 39.9 Å². The van der Waals surface area contributed by atoms with Crippen LogP contribution in [0, 0.1) is 39.9 Å². The van der Waals surface area contributed by atoms with E-state index >= 15 is 0 Å². The number of allylic oxidation sites excluding steroid dienone is 2. The number of carbonyl (C=O) groups is 2. The van der Waals surface area contributed by atoms with Crippen molar-refractivity contribution in [3.8, 4) is 0 Å². The third kappa shape index (κ3) is 8.53. The molecule has 4 rings (SSSR count). The second kappa shape index (κ2) is 17.2. The maximum absolute atomic E-state index is 14.1. The molecule has 49 heavy (non-hydrogen) atoms. The first kappa shape index (κ1) is 40.1. The Morgan fingerprint density at radius 2 is 1.49 bits per heavy atom. The summed E-state index contributed by atoms with van der Waals surface area (Å²) in [5, 5.41) is 23.1. The summed E-state index contributed by atoms with van der Waals surface area (Å²) in [5.74, 6) is -0.0376. The van der Waals surface area contributed by atoms with Crippen LogP contribution in [0.2, 0.25) is 0 Å². The van der Waals surface area contributed by atoms with Gasteiger partial charge in [-0.25, -0.2) is 4.79 Å². The number of carbonyl (C=O) groups excluding carboxylic acids is 2. The molecule has 6 heteroatoms. The van der Waals surface area contributed by atoms with E-state index in [2.05, 4.69) is 54.5 Å². The number of hydrogen-bond acceptors (Lipinski definition) is 6. The van der Waals surface area contributed by atoms with Gasteiger partial charge in [0.25, 0.3) is 0 Å². The van der Waals surface area contributed by atoms with Crippen LogP contribution < -0.4 is 0 Å². The summed E-state index contributed by atoms with van der Waals surface area (Å²) in [6.45, 7) is 17.6. The molecule has 4 saturated carbocycles. The molecule has 0 aliphatic heterocycles. The van der Waals surface area contributed by atoms with Crippen molar-refractivity contribution in [3.63, 3.8) is 0 Å². The first-order valence-electron chi connectivity index (χ1n) is 20.3. The molecule has 0 amide bonds. The normalized spacial score (nSPS) is 37.8. The van der Waals surface area contributed by atoms with E-state index in [1.165, 1.54) is 63.9 Å². The lowest BCUT2D eigenvalue weighted by molar-refractivity contribution is -0.234. The second-order valence-electron chi connectivity index (χ2n) is 17.7. The Hall–Kier alpha value is -1.66. The minimum absolute atomic E-state index is 0.0738. The zero-order valence-corrected chi connectivity index (χ0v) is 32.6. The minimum Gasteiger partial charge on any atom is -0.462 e. The van der Waals surface area contributed by atoms with Gasteiger partial charge in [0, 0.05) is 12.5 Å². The van der Waals surface area contributed by atoms with Crippen molar-refractivity contribution in [2.75, 3.05) is 6.61 Å². The van der Waals surface area contributed by atoms with Crippen LogP contribution in [0.15, 0.2) is 22.8 Å². The Balaban J connectivity index is 1.58. The van der Waals surface area contributed by atoms with Crippen molar-refractivity contribution in [1.82, 2.24) is 0 Å². The van der Waals surface area contributed by atoms with Crippen LogP contribution in [0.25, 0.3) is 0 Å². The fourth-order valence-corrected chi connectivity index (χ4v) is 11.6. The number of rotatable bonds is 16. The monoisotopic (exact) mass is 685 g/mol. The average Bonchev–Trinajstić information content (AvgIpc) is 3.30. The lowest BCUT2D eigenvalue weighted by atomic mass is 9.36. The molecule has 0 aromatic heterocycles. The number of esters is 2. The summed E-state index contributed by atoms with van der Waals surface area (Å²) in [6, 6.07) is 0. The molecule has 0 bridgehead atoms. The first-order chi connectivity index (χ1) is 23.2. The Labute approximate surface area is 299 Å². The second-order valence-corrected chi connectivity index (χ2v) is 17.7. The van der Waals surface area contributed by atoms with E-state index in [0.29, 0.717) is 43.8 Å². The van der Waals surface area contributed by atoms with Crippen LogP contribution in [0.5, 0.6) is 0 Å². The van der Waals surface area contributed by atoms with Gasteiger partial charge >= 0.3 is 11.9 Å². The minimum atomic E-state index is -0.536. The standard InChI is InChI=1S/C43H72O6/c1-9-10-11-12-13-14-15-16-17-18-26-48-40(47)32(21-19-20-29(2)3)38-34-27-36(46)39-41(6)24-23-35(45)30(4)33(41)22-25-42(39,7)43(34,8)28-37(38)49-31(5)44/h20,30,33-37,39,45-46H,9-19,21-28H2,1-8H3/b38-32-/t30-,33-,34-,35+,36+,37-,39-,41-,42-,43-/m0/s1. The highest BCUT2D eigenvalue weighted by Gasteiger charge is 2.70. The van der Waals surface area contributed by atoms with Crippen molar-refractivity contribution in [3.05, 3.63) is 22.8 Å². The summed E-state index contributed by atoms with van der Waals surface area (Å²) >= 11 is 0. The Kier molecular flexibility index (Phi) is 14.1. The van der Waals surface area contributed by atoms with E-state index in [1.807, 2.05) is 0 Å². The van der Waals surface area contributed by atoms with Gasteiger partial charge in [0.1, 0.15) is 6.10 Å². The maximum atomic E-state index is 14.1. The molecule has 0 aromatic carbocycles. The largest absolute Gasteiger partial charge is 0.462 e. The average molecular weight is 685 g/mol. The van der Waals surface area contributed by atoms with E-state index in [4.69, 9.17) is 9.47 Å². The van der Waals surface area contributed by atoms with E-state index in [0.717, 1.165) is 44.1 Å². The van der Waals surface area contributed by atoms with Gasteiger partial charge in [-0.15, -0.1) is 0 Å². The molecule has 2 N–H and O–H groups in total. The fraction of sp³-hybridized carbons (Fsp3) is 0.860. The Morgan fingerprint density at radius 3 is 2.10 bits per heavy atom. The van der Waals surface area contributed by atoms with Gasteiger partial charge in [-0.2, -0.15) is 0 Å². The smallest absolute Gasteiger partial charge is 0.334 e. The van der Waals surface area contributed by atoms with E-state index in [1.54, 1.807) is 0 Å². The van der Waals surface area contributed by atoms with Crippen LogP contribution in [-0.2, 0) is 19.1 Å². The van der Waals surface area contributed by atoms with E-state index < -0.39 is 12.2 Å². The van der Waals surface area contributed by atoms with Crippen LogP contribution in [-0.4, -0.2) is 47.1 Å².